The highest BCUT2D eigenvalue weighted by atomic mass is 28.2. The first-order chi connectivity index (χ1) is 9.33. The third-order valence-corrected chi connectivity index (χ3v) is 3.71. The summed E-state index contributed by atoms with van der Waals surface area (Å²) in [6.45, 7) is 2.08. The van der Waals surface area contributed by atoms with E-state index >= 15 is 0 Å². The number of allylic oxidation sites excluding steroid dienone is 1. The van der Waals surface area contributed by atoms with Crippen LogP contribution >= 0.6 is 0 Å². The Labute approximate surface area is 115 Å². The first kappa shape index (κ1) is 11.9. The highest BCUT2D eigenvalue weighted by Crippen LogP contribution is 2.20. The summed E-state index contributed by atoms with van der Waals surface area (Å²) in [4.78, 5) is 0. The lowest BCUT2D eigenvalue weighted by Gasteiger charge is -2.15. The van der Waals surface area contributed by atoms with Crippen LogP contribution in [0.25, 0.3) is 5.76 Å². The molecule has 94 valence electrons. The van der Waals surface area contributed by atoms with Gasteiger partial charge in [-0.3, -0.25) is 0 Å². The Morgan fingerprint density at radius 2 is 1.63 bits per heavy atom. The predicted molar refractivity (Wildman–Crippen MR) is 78.2 cm³/mol. The zero-order valence-corrected chi connectivity index (χ0v) is 11.8. The molecule has 2 nitrogen and oxygen atoms in total. The zero-order valence-electron chi connectivity index (χ0n) is 10.7. The van der Waals surface area contributed by atoms with Crippen LogP contribution in [-0.4, -0.2) is 15.8 Å². The van der Waals surface area contributed by atoms with Gasteiger partial charge in [0.05, 0.1) is 17.4 Å². The molecule has 19 heavy (non-hydrogen) atoms. The predicted octanol–water partition coefficient (Wildman–Crippen LogP) is 3.05. The Morgan fingerprint density at radius 3 is 2.37 bits per heavy atom. The van der Waals surface area contributed by atoms with E-state index in [-0.39, 0.29) is 0 Å². The average Bonchev–Trinajstić information content (AvgIpc) is 2.49. The van der Waals surface area contributed by atoms with Gasteiger partial charge in [-0.15, -0.1) is 0 Å². The van der Waals surface area contributed by atoms with E-state index in [9.17, 15) is 0 Å². The van der Waals surface area contributed by atoms with Gasteiger partial charge >= 0.3 is 10.0 Å². The minimum atomic E-state index is -0.492. The van der Waals surface area contributed by atoms with Gasteiger partial charge in [-0.2, -0.15) is 0 Å². The minimum Gasteiger partial charge on any atom is -0.618 e. The van der Waals surface area contributed by atoms with Crippen LogP contribution in [0.4, 0.5) is 0 Å². The standard InChI is InChI=1S/C16H14O2Si/c1-12-7-9-14(10-8-12)16-11-15(17-19-18-16)13-5-3-2-4-6-13/h2-11,19H,1H3. The van der Waals surface area contributed by atoms with E-state index in [0.29, 0.717) is 0 Å². The Balaban J connectivity index is 1.94. The topological polar surface area (TPSA) is 20.5 Å². The Hall–Kier alpha value is -2.13. The molecular formula is C16H14O2Si. The molecular weight excluding hydrogens is 252 g/mol. The summed E-state index contributed by atoms with van der Waals surface area (Å²) in [5, 5.41) is 0. The summed E-state index contributed by atoms with van der Waals surface area (Å²) < 4.78 is 11.3. The van der Waals surface area contributed by atoms with Crippen molar-refractivity contribution in [2.24, 2.45) is 0 Å². The summed E-state index contributed by atoms with van der Waals surface area (Å²) in [5.74, 6) is 1.78. The minimum absolute atomic E-state index is 0.492. The maximum atomic E-state index is 5.66. The monoisotopic (exact) mass is 266 g/mol. The molecule has 3 heteroatoms. The number of carbonyl (C=O) groups excluding carboxylic acids is 1. The molecule has 0 saturated heterocycles. The van der Waals surface area contributed by atoms with Crippen LogP contribution in [0.1, 0.15) is 20.8 Å². The number of ketones is 1. The van der Waals surface area contributed by atoms with Gasteiger partial charge in [0.2, 0.25) is 0 Å². The summed E-state index contributed by atoms with van der Waals surface area (Å²) in [6, 6.07) is 18.4. The highest BCUT2D eigenvalue weighted by molar-refractivity contribution is 6.25. The van der Waals surface area contributed by atoms with Gasteiger partial charge < -0.3 is 8.54 Å². The molecule has 0 amide bonds. The van der Waals surface area contributed by atoms with Crippen molar-refractivity contribution in [2.75, 3.05) is 0 Å². The molecule has 3 rings (SSSR count). The van der Waals surface area contributed by atoms with Gasteiger partial charge in [0.15, 0.2) is 0 Å². The molecule has 0 unspecified atom stereocenters. The van der Waals surface area contributed by atoms with Crippen molar-refractivity contribution >= 4 is 21.5 Å². The van der Waals surface area contributed by atoms with Crippen molar-refractivity contribution < 1.29 is 8.54 Å². The van der Waals surface area contributed by atoms with E-state index in [1.807, 2.05) is 36.4 Å². The van der Waals surface area contributed by atoms with Crippen LogP contribution in [0.15, 0.2) is 60.7 Å². The van der Waals surface area contributed by atoms with E-state index < -0.39 is 10.0 Å². The number of hydrogen-bond donors (Lipinski definition) is 0. The van der Waals surface area contributed by atoms with Gasteiger partial charge in [-0.05, 0) is 19.1 Å². The average molecular weight is 266 g/mol. The Morgan fingerprint density at radius 1 is 0.895 bits per heavy atom. The van der Waals surface area contributed by atoms with E-state index in [0.717, 1.165) is 22.7 Å². The molecule has 2 aromatic carbocycles. The molecule has 0 bridgehead atoms. The van der Waals surface area contributed by atoms with E-state index in [4.69, 9.17) is 8.54 Å². The maximum absolute atomic E-state index is 5.66. The van der Waals surface area contributed by atoms with Crippen molar-refractivity contribution in [3.63, 3.8) is 0 Å². The third-order valence-electron chi connectivity index (χ3n) is 3.01. The van der Waals surface area contributed by atoms with E-state index in [1.54, 1.807) is 0 Å². The molecule has 0 aromatic heterocycles. The highest BCUT2D eigenvalue weighted by Gasteiger charge is 2.15. The second-order valence-electron chi connectivity index (χ2n) is 4.44. The Bertz CT molecular complexity index is 628. The number of rotatable bonds is 2. The van der Waals surface area contributed by atoms with Crippen LogP contribution < -0.4 is 0 Å². The van der Waals surface area contributed by atoms with Crippen molar-refractivity contribution in [1.29, 1.82) is 0 Å². The van der Waals surface area contributed by atoms with Crippen LogP contribution in [0, 0.1) is 6.92 Å². The molecule has 1 aliphatic heterocycles. The first-order valence-electron chi connectivity index (χ1n) is 6.19. The summed E-state index contributed by atoms with van der Waals surface area (Å²) in [5.41, 5.74) is 3.42. The van der Waals surface area contributed by atoms with Crippen LogP contribution in [-0.2, 0) is 4.43 Å². The van der Waals surface area contributed by atoms with Crippen LogP contribution in [0.2, 0.25) is 0 Å². The molecule has 1 heterocycles. The van der Waals surface area contributed by atoms with Crippen molar-refractivity contribution in [3.05, 3.63) is 77.4 Å². The van der Waals surface area contributed by atoms with Crippen molar-refractivity contribution in [2.45, 2.75) is 6.92 Å². The van der Waals surface area contributed by atoms with Crippen molar-refractivity contribution in [1.82, 2.24) is 0 Å². The summed E-state index contributed by atoms with van der Waals surface area (Å²) in [6.07, 6.45) is 1.97. The lowest BCUT2D eigenvalue weighted by atomic mass is 10.1. The molecule has 0 saturated carbocycles. The molecule has 0 radical (unpaired) electrons. The van der Waals surface area contributed by atoms with Gasteiger partial charge in [-0.1, -0.05) is 48.0 Å². The molecule has 0 atom stereocenters. The summed E-state index contributed by atoms with van der Waals surface area (Å²) in [7, 11) is -0.492. The normalized spacial score (nSPS) is 13.9. The molecule has 0 N–H and O–H groups in total. The largest absolute Gasteiger partial charge is 0.618 e. The quantitative estimate of drug-likeness (QED) is 0.604. The van der Waals surface area contributed by atoms with Gasteiger partial charge in [0.1, 0.15) is 0 Å². The van der Waals surface area contributed by atoms with Gasteiger partial charge in [0, 0.05) is 5.56 Å². The van der Waals surface area contributed by atoms with Crippen LogP contribution in [0.5, 0.6) is 0 Å². The second-order valence-corrected chi connectivity index (χ2v) is 5.10. The van der Waals surface area contributed by atoms with E-state index in [1.165, 1.54) is 5.56 Å². The molecule has 0 aliphatic carbocycles. The fourth-order valence-electron chi connectivity index (χ4n) is 1.94. The lowest BCUT2D eigenvalue weighted by Crippen LogP contribution is -2.11. The SMILES string of the molecule is Cc1ccc(C2=CC(c3ccccc3)=[O+][SiH-]O2)cc1. The number of benzene rings is 2. The fraction of sp³-hybridized carbons (Fsp3) is 0.0625. The Kier molecular flexibility index (Phi) is 3.29. The first-order valence-corrected chi connectivity index (χ1v) is 7.13. The summed E-state index contributed by atoms with van der Waals surface area (Å²) >= 11 is 0. The van der Waals surface area contributed by atoms with E-state index in [2.05, 4.69) is 31.2 Å². The molecule has 1 aliphatic rings. The molecule has 2 aromatic rings. The lowest BCUT2D eigenvalue weighted by molar-refractivity contribution is -0.101. The van der Waals surface area contributed by atoms with Gasteiger partial charge in [-0.25, -0.2) is 0 Å². The third kappa shape index (κ3) is 2.66. The van der Waals surface area contributed by atoms with Crippen molar-refractivity contribution in [3.8, 4) is 0 Å². The smallest absolute Gasteiger partial charge is 0.440 e. The molecule has 0 fully saturated rings. The van der Waals surface area contributed by atoms with Crippen LogP contribution in [0.3, 0.4) is 0 Å². The number of aryl methyl sites for hydroxylation is 1. The molecule has 0 spiro atoms. The maximum Gasteiger partial charge on any atom is 0.440 e. The fourth-order valence-corrected chi connectivity index (χ4v) is 2.60. The van der Waals surface area contributed by atoms with Gasteiger partial charge in [0.25, 0.3) is 5.78 Å². The number of hydrogen-bond acceptors (Lipinski definition) is 1. The zero-order chi connectivity index (χ0) is 13.1. The second kappa shape index (κ2) is 5.24.